The van der Waals surface area contributed by atoms with Gasteiger partial charge in [0.1, 0.15) is 5.01 Å². The van der Waals surface area contributed by atoms with E-state index in [1.807, 2.05) is 6.92 Å². The predicted molar refractivity (Wildman–Crippen MR) is 106 cm³/mol. The average molecular weight is 451 g/mol. The summed E-state index contributed by atoms with van der Waals surface area (Å²) in [4.78, 5) is 21.5. The van der Waals surface area contributed by atoms with Crippen LogP contribution in [-0.2, 0) is 11.3 Å². The largest absolute Gasteiger partial charge is 0.356 e. The predicted octanol–water partition coefficient (Wildman–Crippen LogP) is 2.10. The van der Waals surface area contributed by atoms with Crippen LogP contribution in [0.4, 0.5) is 0 Å². The minimum absolute atomic E-state index is 0. The zero-order valence-electron chi connectivity index (χ0n) is 13.9. The third-order valence-electron chi connectivity index (χ3n) is 3.52. The molecule has 3 N–H and O–H groups in total. The van der Waals surface area contributed by atoms with Gasteiger partial charge in [-0.15, -0.1) is 35.3 Å². The molecule has 1 aliphatic rings. The fourth-order valence-electron chi connectivity index (χ4n) is 1.98. The van der Waals surface area contributed by atoms with Crippen LogP contribution in [0.3, 0.4) is 0 Å². The lowest BCUT2D eigenvalue weighted by atomic mass is 10.3. The number of rotatable bonds is 7. The van der Waals surface area contributed by atoms with Crippen molar-refractivity contribution in [2.75, 3.05) is 13.6 Å². The highest BCUT2D eigenvalue weighted by molar-refractivity contribution is 14.0. The molecule has 1 aromatic rings. The molecule has 1 aromatic heterocycles. The van der Waals surface area contributed by atoms with Crippen LogP contribution in [0.15, 0.2) is 4.99 Å². The second kappa shape index (κ2) is 10.1. The molecule has 1 amide bonds. The van der Waals surface area contributed by atoms with E-state index in [4.69, 9.17) is 0 Å². The van der Waals surface area contributed by atoms with Crippen LogP contribution in [0.1, 0.15) is 41.3 Å². The maximum atomic E-state index is 11.6. The molecule has 0 saturated heterocycles. The molecule has 1 aliphatic carbocycles. The Balaban J connectivity index is 0.00000264. The first kappa shape index (κ1) is 20.1. The van der Waals surface area contributed by atoms with E-state index in [0.29, 0.717) is 19.0 Å². The van der Waals surface area contributed by atoms with Crippen molar-refractivity contribution in [3.63, 3.8) is 0 Å². The monoisotopic (exact) mass is 451 g/mol. The smallest absolute Gasteiger partial charge is 0.220 e. The van der Waals surface area contributed by atoms with E-state index in [1.165, 1.54) is 4.88 Å². The summed E-state index contributed by atoms with van der Waals surface area (Å²) in [5.74, 6) is 0.897. The lowest BCUT2D eigenvalue weighted by Gasteiger charge is -2.10. The van der Waals surface area contributed by atoms with Gasteiger partial charge in [0.15, 0.2) is 5.96 Å². The van der Waals surface area contributed by atoms with Gasteiger partial charge in [0.25, 0.3) is 0 Å². The second-order valence-electron chi connectivity index (χ2n) is 5.55. The molecule has 0 aliphatic heterocycles. The van der Waals surface area contributed by atoms with Gasteiger partial charge < -0.3 is 16.0 Å². The van der Waals surface area contributed by atoms with Crippen LogP contribution in [0, 0.1) is 13.8 Å². The van der Waals surface area contributed by atoms with Gasteiger partial charge in [-0.1, -0.05) is 0 Å². The van der Waals surface area contributed by atoms with E-state index in [9.17, 15) is 4.79 Å². The van der Waals surface area contributed by atoms with Gasteiger partial charge in [-0.25, -0.2) is 4.98 Å². The van der Waals surface area contributed by atoms with Crippen LogP contribution in [0.2, 0.25) is 0 Å². The van der Waals surface area contributed by atoms with Crippen molar-refractivity contribution in [1.29, 1.82) is 0 Å². The molecule has 130 valence electrons. The van der Waals surface area contributed by atoms with Gasteiger partial charge >= 0.3 is 0 Å². The number of halogens is 1. The molecule has 1 heterocycles. The summed E-state index contributed by atoms with van der Waals surface area (Å²) in [5, 5.41) is 10.5. The molecule has 0 aromatic carbocycles. The van der Waals surface area contributed by atoms with E-state index >= 15 is 0 Å². The number of nitrogens with zero attached hydrogens (tertiary/aromatic N) is 2. The lowest BCUT2D eigenvalue weighted by Crippen LogP contribution is -2.37. The fraction of sp³-hybridized carbons (Fsp3) is 0.667. The number of aliphatic imine (C=N–C) groups is 1. The van der Waals surface area contributed by atoms with E-state index in [2.05, 4.69) is 32.9 Å². The van der Waals surface area contributed by atoms with Crippen LogP contribution < -0.4 is 16.0 Å². The normalized spacial score (nSPS) is 14.1. The zero-order chi connectivity index (χ0) is 15.9. The summed E-state index contributed by atoms with van der Waals surface area (Å²) < 4.78 is 0. The Kier molecular flexibility index (Phi) is 8.82. The number of guanidine groups is 1. The van der Waals surface area contributed by atoms with Crippen molar-refractivity contribution in [3.05, 3.63) is 15.6 Å². The van der Waals surface area contributed by atoms with Gasteiger partial charge in [0.05, 0.1) is 12.2 Å². The number of aryl methyl sites for hydroxylation is 2. The third kappa shape index (κ3) is 7.47. The molecular formula is C15H26IN5OS. The van der Waals surface area contributed by atoms with Crippen molar-refractivity contribution >= 4 is 47.2 Å². The molecule has 1 saturated carbocycles. The number of carbonyl (C=O) groups is 1. The summed E-state index contributed by atoms with van der Waals surface area (Å²) in [6, 6.07) is 0.445. The summed E-state index contributed by atoms with van der Waals surface area (Å²) >= 11 is 1.70. The van der Waals surface area contributed by atoms with E-state index in [1.54, 1.807) is 18.4 Å². The number of thiazole rings is 1. The van der Waals surface area contributed by atoms with Crippen LogP contribution in [0.25, 0.3) is 0 Å². The molecule has 1 fully saturated rings. The number of aromatic nitrogens is 1. The van der Waals surface area contributed by atoms with E-state index in [-0.39, 0.29) is 29.9 Å². The lowest BCUT2D eigenvalue weighted by molar-refractivity contribution is -0.121. The molecule has 23 heavy (non-hydrogen) atoms. The Morgan fingerprint density at radius 2 is 2.09 bits per heavy atom. The maximum absolute atomic E-state index is 11.6. The first-order chi connectivity index (χ1) is 10.6. The van der Waals surface area contributed by atoms with E-state index < -0.39 is 0 Å². The number of nitrogens with one attached hydrogen (secondary N) is 3. The Labute approximate surface area is 159 Å². The van der Waals surface area contributed by atoms with Crippen molar-refractivity contribution in [3.8, 4) is 0 Å². The standard InChI is InChI=1S/C15H25N5OS.HI/c1-10-11(2)22-14(19-10)9-18-15(16-3)17-8-4-5-13(21)20-12-6-7-12;/h12H,4-9H2,1-3H3,(H,20,21)(H2,16,17,18);1H. The van der Waals surface area contributed by atoms with Crippen LogP contribution in [-0.4, -0.2) is 36.5 Å². The third-order valence-corrected chi connectivity index (χ3v) is 4.59. The van der Waals surface area contributed by atoms with Crippen molar-refractivity contribution in [2.45, 2.75) is 52.1 Å². The number of amides is 1. The average Bonchev–Trinajstić information content (AvgIpc) is 3.23. The molecule has 0 spiro atoms. The van der Waals surface area contributed by atoms with Gasteiger partial charge in [0.2, 0.25) is 5.91 Å². The molecule has 8 heteroatoms. The zero-order valence-corrected chi connectivity index (χ0v) is 17.1. The fourth-order valence-corrected chi connectivity index (χ4v) is 2.85. The highest BCUT2D eigenvalue weighted by Crippen LogP contribution is 2.18. The molecule has 0 unspecified atom stereocenters. The Morgan fingerprint density at radius 1 is 1.35 bits per heavy atom. The van der Waals surface area contributed by atoms with Crippen LogP contribution >= 0.6 is 35.3 Å². The van der Waals surface area contributed by atoms with Gasteiger partial charge in [0, 0.05) is 30.9 Å². The second-order valence-corrected chi connectivity index (χ2v) is 6.83. The number of hydrogen-bond acceptors (Lipinski definition) is 4. The summed E-state index contributed by atoms with van der Waals surface area (Å²) in [6.07, 6.45) is 3.63. The Bertz CT molecular complexity index is 522. The van der Waals surface area contributed by atoms with Gasteiger partial charge in [-0.05, 0) is 33.1 Å². The van der Waals surface area contributed by atoms with Gasteiger partial charge in [-0.2, -0.15) is 0 Å². The molecule has 6 nitrogen and oxygen atoms in total. The number of carbonyl (C=O) groups excluding carboxylic acids is 1. The SMILES string of the molecule is CN=C(NCCCC(=O)NC1CC1)NCc1nc(C)c(C)s1.I. The van der Waals surface area contributed by atoms with E-state index in [0.717, 1.165) is 42.5 Å². The summed E-state index contributed by atoms with van der Waals surface area (Å²) in [7, 11) is 1.74. The highest BCUT2D eigenvalue weighted by Gasteiger charge is 2.22. The van der Waals surface area contributed by atoms with Crippen LogP contribution in [0.5, 0.6) is 0 Å². The Morgan fingerprint density at radius 3 is 2.65 bits per heavy atom. The minimum Gasteiger partial charge on any atom is -0.356 e. The van der Waals surface area contributed by atoms with Gasteiger partial charge in [-0.3, -0.25) is 9.79 Å². The molecular weight excluding hydrogens is 425 g/mol. The molecule has 2 rings (SSSR count). The maximum Gasteiger partial charge on any atom is 0.220 e. The first-order valence-electron chi connectivity index (χ1n) is 7.75. The topological polar surface area (TPSA) is 78.4 Å². The summed E-state index contributed by atoms with van der Waals surface area (Å²) in [5.41, 5.74) is 1.09. The molecule has 0 radical (unpaired) electrons. The van der Waals surface area contributed by atoms with Crippen molar-refractivity contribution in [2.24, 2.45) is 4.99 Å². The Hall–Kier alpha value is -0.900. The quantitative estimate of drug-likeness (QED) is 0.257. The minimum atomic E-state index is 0. The number of hydrogen-bond donors (Lipinski definition) is 3. The highest BCUT2D eigenvalue weighted by atomic mass is 127. The van der Waals surface area contributed by atoms with Crippen molar-refractivity contribution < 1.29 is 4.79 Å². The van der Waals surface area contributed by atoms with Crippen molar-refractivity contribution in [1.82, 2.24) is 20.9 Å². The molecule has 0 atom stereocenters. The summed E-state index contributed by atoms with van der Waals surface area (Å²) in [6.45, 7) is 5.50. The molecule has 0 bridgehead atoms. The first-order valence-corrected chi connectivity index (χ1v) is 8.57.